The van der Waals surface area contributed by atoms with Crippen molar-refractivity contribution in [2.24, 2.45) is 0 Å². The number of hydrogen-bond donors (Lipinski definition) is 0. The van der Waals surface area contributed by atoms with Crippen LogP contribution in [0.1, 0.15) is 5.82 Å². The molecule has 11 rings (SSSR count). The van der Waals surface area contributed by atoms with Gasteiger partial charge in [-0.15, -0.1) is 16.4 Å². The minimum atomic E-state index is 0.121. The number of para-hydroxylation sites is 2. The van der Waals surface area contributed by atoms with Crippen LogP contribution >= 0.6 is 11.3 Å². The van der Waals surface area contributed by atoms with Crippen molar-refractivity contribution in [3.8, 4) is 50.2 Å². The molecule has 6 heteroatoms. The Balaban J connectivity index is 1.04. The molecule has 0 N–H and O–H groups in total. The summed E-state index contributed by atoms with van der Waals surface area (Å²) < 4.78 is 4.98. The molecule has 2 heterocycles. The smallest absolute Gasteiger partial charge is 0.112 e. The van der Waals surface area contributed by atoms with Gasteiger partial charge >= 0.3 is 0 Å². The zero-order chi connectivity index (χ0) is 39.7. The summed E-state index contributed by atoms with van der Waals surface area (Å²) >= 11 is 1.87. The third kappa shape index (κ3) is 6.27. The molecule has 11 aromatic rings. The third-order valence-corrected chi connectivity index (χ3v) is 12.9. The van der Waals surface area contributed by atoms with E-state index in [0.717, 1.165) is 29.0 Å². The first kappa shape index (κ1) is 35.5. The van der Waals surface area contributed by atoms with Crippen LogP contribution in [-0.4, -0.2) is 33.1 Å². The highest BCUT2D eigenvalue weighted by molar-refractivity contribution is 7.25. The molecule has 2 aromatic heterocycles. The van der Waals surface area contributed by atoms with Crippen LogP contribution in [-0.2, 0) is 6.42 Å². The number of aromatic nitrogens is 2. The minimum absolute atomic E-state index is 0.121. The summed E-state index contributed by atoms with van der Waals surface area (Å²) in [4.78, 5) is 5.06. The Hall–Kier alpha value is -6.62. The highest BCUT2D eigenvalue weighted by Crippen LogP contribution is 2.46. The maximum Gasteiger partial charge on any atom is 0.112 e. The zero-order valence-electron chi connectivity index (χ0n) is 33.4. The molecule has 0 aliphatic heterocycles. The predicted molar refractivity (Wildman–Crippen MR) is 263 cm³/mol. The molecule has 0 bridgehead atoms. The van der Waals surface area contributed by atoms with E-state index in [4.69, 9.17) is 4.98 Å². The molecule has 2 nitrogen and oxygen atoms in total. The van der Waals surface area contributed by atoms with E-state index in [0.29, 0.717) is 0 Å². The molecular weight excluding hydrogens is 729 g/mol. The van der Waals surface area contributed by atoms with Gasteiger partial charge in [-0.3, -0.25) is 4.57 Å². The Morgan fingerprint density at radius 3 is 1.69 bits per heavy atom. The number of thiophene rings is 1. The molecule has 276 valence electrons. The SMILES string of the molecule is BC(B)(B)Cc1nc2ccccc2n1-c1ccc(-c2ccc(-c3c4ccccc4c(-c4ccc5sc6ccccc6c5c4)c4cc(-c5ccccc5)ccc34)cc2)cc1. The standard InChI is InChI=1S/C53H39B3N2S/c54-53(55,56)32-50-57-46-15-7-8-16-47(46)58(50)39-26-22-35(23-27-39)34-18-20-36(21-19-34)51-41-13-4-5-14-42(41)52(45-30-37(24-28-43(45)51)33-10-2-1-3-11-33)38-25-29-49-44(31-38)40-12-6-9-17-48(40)59-49/h1-31H,32,54-56H2. The molecule has 0 aliphatic rings. The van der Waals surface area contributed by atoms with Crippen LogP contribution in [0.5, 0.6) is 0 Å². The zero-order valence-corrected chi connectivity index (χ0v) is 34.2. The van der Waals surface area contributed by atoms with E-state index in [1.165, 1.54) is 86.2 Å². The van der Waals surface area contributed by atoms with Crippen molar-refractivity contribution in [1.82, 2.24) is 9.55 Å². The minimum Gasteiger partial charge on any atom is -0.296 e. The van der Waals surface area contributed by atoms with Crippen molar-refractivity contribution in [2.75, 3.05) is 0 Å². The van der Waals surface area contributed by atoms with Crippen LogP contribution in [0.15, 0.2) is 188 Å². The third-order valence-electron chi connectivity index (χ3n) is 11.7. The molecule has 0 fully saturated rings. The summed E-state index contributed by atoms with van der Waals surface area (Å²) in [6.45, 7) is 0. The van der Waals surface area contributed by atoms with Crippen LogP contribution < -0.4 is 0 Å². The second-order valence-electron chi connectivity index (χ2n) is 16.9. The average Bonchev–Trinajstić information content (AvgIpc) is 3.82. The van der Waals surface area contributed by atoms with Crippen molar-refractivity contribution < 1.29 is 0 Å². The van der Waals surface area contributed by atoms with Crippen LogP contribution in [0.25, 0.3) is 103 Å². The van der Waals surface area contributed by atoms with Crippen LogP contribution in [0, 0.1) is 0 Å². The van der Waals surface area contributed by atoms with Gasteiger partial charge in [0.2, 0.25) is 0 Å². The lowest BCUT2D eigenvalue weighted by atomic mass is 9.41. The fraction of sp³-hybridized carbons (Fsp3) is 0.0377. The lowest BCUT2D eigenvalue weighted by Crippen LogP contribution is -2.18. The van der Waals surface area contributed by atoms with Crippen molar-refractivity contribution in [3.63, 3.8) is 0 Å². The van der Waals surface area contributed by atoms with E-state index in [-0.39, 0.29) is 5.11 Å². The van der Waals surface area contributed by atoms with E-state index in [2.05, 4.69) is 216 Å². The van der Waals surface area contributed by atoms with Gasteiger partial charge in [0, 0.05) is 25.9 Å². The molecule has 0 atom stereocenters. The fourth-order valence-electron chi connectivity index (χ4n) is 9.08. The molecule has 59 heavy (non-hydrogen) atoms. The van der Waals surface area contributed by atoms with Gasteiger partial charge in [0.05, 0.1) is 34.6 Å². The van der Waals surface area contributed by atoms with Gasteiger partial charge in [-0.2, -0.15) is 0 Å². The van der Waals surface area contributed by atoms with E-state index >= 15 is 0 Å². The number of nitrogens with zero attached hydrogens (tertiary/aromatic N) is 2. The van der Waals surface area contributed by atoms with Gasteiger partial charge in [0.1, 0.15) is 5.82 Å². The summed E-state index contributed by atoms with van der Waals surface area (Å²) in [5.41, 5.74) is 13.1. The first-order valence-corrected chi connectivity index (χ1v) is 21.3. The predicted octanol–water partition coefficient (Wildman–Crippen LogP) is 11.9. The number of imidazole rings is 1. The first-order valence-electron chi connectivity index (χ1n) is 20.5. The second kappa shape index (κ2) is 14.0. The van der Waals surface area contributed by atoms with Gasteiger partial charge in [0.25, 0.3) is 0 Å². The van der Waals surface area contributed by atoms with Crippen molar-refractivity contribution in [3.05, 3.63) is 194 Å². The molecule has 0 radical (unpaired) electrons. The van der Waals surface area contributed by atoms with Gasteiger partial charge in [0.15, 0.2) is 0 Å². The molecule has 0 unspecified atom stereocenters. The lowest BCUT2D eigenvalue weighted by molar-refractivity contribution is 0.855. The van der Waals surface area contributed by atoms with Crippen LogP contribution in [0.3, 0.4) is 0 Å². The topological polar surface area (TPSA) is 17.8 Å². The van der Waals surface area contributed by atoms with Crippen molar-refractivity contribution in [2.45, 2.75) is 11.5 Å². The quantitative estimate of drug-likeness (QED) is 0.117. The number of benzene rings is 9. The highest BCUT2D eigenvalue weighted by Gasteiger charge is 2.21. The van der Waals surface area contributed by atoms with Crippen molar-refractivity contribution >= 4 is 87.6 Å². The normalized spacial score (nSPS) is 12.0. The highest BCUT2D eigenvalue weighted by atomic mass is 32.1. The van der Waals surface area contributed by atoms with E-state index in [1.54, 1.807) is 0 Å². The lowest BCUT2D eigenvalue weighted by Gasteiger charge is -2.19. The van der Waals surface area contributed by atoms with Gasteiger partial charge in [-0.1, -0.05) is 140 Å². The molecular formula is C53H39B3N2S. The Morgan fingerprint density at radius 1 is 0.424 bits per heavy atom. The number of rotatable bonds is 7. The van der Waals surface area contributed by atoms with Crippen molar-refractivity contribution in [1.29, 1.82) is 0 Å². The first-order chi connectivity index (χ1) is 28.9. The summed E-state index contributed by atoms with van der Waals surface area (Å²) in [5.74, 6) is 1.10. The molecule has 9 aromatic carbocycles. The number of fused-ring (bicyclic) bond motifs is 6. The molecule has 0 amide bonds. The molecule has 0 saturated carbocycles. The Bertz CT molecular complexity index is 3380. The van der Waals surface area contributed by atoms with E-state index in [9.17, 15) is 0 Å². The summed E-state index contributed by atoms with van der Waals surface area (Å²) in [6, 6.07) is 69.3. The Morgan fingerprint density at radius 2 is 0.949 bits per heavy atom. The number of hydrogen-bond acceptors (Lipinski definition) is 2. The summed E-state index contributed by atoms with van der Waals surface area (Å²) in [5, 5.41) is 7.79. The van der Waals surface area contributed by atoms with E-state index in [1.807, 2.05) is 11.3 Å². The fourth-order valence-corrected chi connectivity index (χ4v) is 10.2. The van der Waals surface area contributed by atoms with Gasteiger partial charge in [-0.25, -0.2) is 4.98 Å². The molecule has 0 spiro atoms. The molecule has 0 aliphatic carbocycles. The Kier molecular flexibility index (Phi) is 8.46. The second-order valence-corrected chi connectivity index (χ2v) is 18.0. The summed E-state index contributed by atoms with van der Waals surface area (Å²) in [6.07, 6.45) is 0.893. The van der Waals surface area contributed by atoms with Gasteiger partial charge < -0.3 is 0 Å². The maximum atomic E-state index is 5.06. The van der Waals surface area contributed by atoms with Crippen LogP contribution in [0.2, 0.25) is 5.11 Å². The maximum absolute atomic E-state index is 5.06. The van der Waals surface area contributed by atoms with E-state index < -0.39 is 0 Å². The van der Waals surface area contributed by atoms with Crippen LogP contribution in [0.4, 0.5) is 0 Å². The monoisotopic (exact) mass is 768 g/mol. The molecule has 0 saturated heterocycles. The Labute approximate surface area is 351 Å². The largest absolute Gasteiger partial charge is 0.296 e. The van der Waals surface area contributed by atoms with Gasteiger partial charge in [-0.05, 0) is 121 Å². The summed E-state index contributed by atoms with van der Waals surface area (Å²) in [7, 11) is 6.83. The average molecular weight is 768 g/mol.